The highest BCUT2D eigenvalue weighted by molar-refractivity contribution is 6.30. The van der Waals surface area contributed by atoms with Crippen molar-refractivity contribution in [3.63, 3.8) is 0 Å². The molecular formula is C21H16ClN3O2. The van der Waals surface area contributed by atoms with Crippen molar-refractivity contribution in [3.8, 4) is 0 Å². The van der Waals surface area contributed by atoms with Gasteiger partial charge in [0.05, 0.1) is 11.4 Å². The number of anilines is 1. The van der Waals surface area contributed by atoms with Crippen LogP contribution < -0.4 is 10.3 Å². The molecule has 0 atom stereocenters. The van der Waals surface area contributed by atoms with Crippen molar-refractivity contribution in [2.24, 2.45) is 5.10 Å². The lowest BCUT2D eigenvalue weighted by Crippen LogP contribution is -2.37. The molecule has 1 N–H and O–H groups in total. The number of hydrogen-bond donors (Lipinski definition) is 1. The van der Waals surface area contributed by atoms with Gasteiger partial charge in [-0.2, -0.15) is 5.10 Å². The molecule has 1 aliphatic rings. The van der Waals surface area contributed by atoms with E-state index < -0.39 is 0 Å². The lowest BCUT2D eigenvalue weighted by molar-refractivity contribution is -0.119. The van der Waals surface area contributed by atoms with Gasteiger partial charge in [0.2, 0.25) is 0 Å². The lowest BCUT2D eigenvalue weighted by Gasteiger charge is -2.16. The highest BCUT2D eigenvalue weighted by Gasteiger charge is 2.30. The van der Waals surface area contributed by atoms with Gasteiger partial charge in [-0.3, -0.25) is 14.5 Å². The fourth-order valence-corrected chi connectivity index (χ4v) is 3.34. The molecule has 0 radical (unpaired) electrons. The predicted molar refractivity (Wildman–Crippen MR) is 107 cm³/mol. The molecule has 0 aromatic heterocycles. The summed E-state index contributed by atoms with van der Waals surface area (Å²) >= 11 is 5.88. The molecule has 6 heteroatoms. The molecule has 2 amide bonds. The van der Waals surface area contributed by atoms with Crippen LogP contribution in [0.1, 0.15) is 22.8 Å². The van der Waals surface area contributed by atoms with Gasteiger partial charge in [-0.05, 0) is 42.1 Å². The van der Waals surface area contributed by atoms with Crippen molar-refractivity contribution >= 4 is 45.6 Å². The van der Waals surface area contributed by atoms with Crippen LogP contribution in [0.2, 0.25) is 5.02 Å². The van der Waals surface area contributed by atoms with Crippen LogP contribution >= 0.6 is 11.6 Å². The van der Waals surface area contributed by atoms with Gasteiger partial charge < -0.3 is 0 Å². The number of benzene rings is 3. The van der Waals surface area contributed by atoms with Gasteiger partial charge in [0.25, 0.3) is 11.8 Å². The molecule has 0 aliphatic carbocycles. The van der Waals surface area contributed by atoms with Crippen molar-refractivity contribution in [3.05, 3.63) is 76.8 Å². The summed E-state index contributed by atoms with van der Waals surface area (Å²) in [5.41, 5.74) is 5.40. The average molecular weight is 378 g/mol. The quantitative estimate of drug-likeness (QED) is 0.552. The summed E-state index contributed by atoms with van der Waals surface area (Å²) in [5.74, 6) is -0.531. The zero-order chi connectivity index (χ0) is 19.0. The number of hydrogen-bond acceptors (Lipinski definition) is 3. The van der Waals surface area contributed by atoms with Gasteiger partial charge in [0, 0.05) is 16.0 Å². The first kappa shape index (κ1) is 17.2. The first-order valence-corrected chi connectivity index (χ1v) is 8.85. The molecule has 0 saturated heterocycles. The Morgan fingerprint density at radius 3 is 2.52 bits per heavy atom. The van der Waals surface area contributed by atoms with E-state index >= 15 is 0 Å². The summed E-state index contributed by atoms with van der Waals surface area (Å²) < 4.78 is 0. The van der Waals surface area contributed by atoms with Crippen molar-refractivity contribution in [1.82, 2.24) is 5.43 Å². The van der Waals surface area contributed by atoms with E-state index in [-0.39, 0.29) is 18.4 Å². The maximum atomic E-state index is 12.7. The number of amides is 2. The van der Waals surface area contributed by atoms with E-state index in [4.69, 9.17) is 11.6 Å². The Kier molecular flexibility index (Phi) is 4.38. The minimum Gasteiger partial charge on any atom is -0.298 e. The van der Waals surface area contributed by atoms with Crippen LogP contribution in [0, 0.1) is 0 Å². The van der Waals surface area contributed by atoms with Crippen molar-refractivity contribution in [2.75, 3.05) is 11.4 Å². The Morgan fingerprint density at radius 2 is 1.78 bits per heavy atom. The Hall–Kier alpha value is -3.18. The van der Waals surface area contributed by atoms with Crippen LogP contribution in [0.5, 0.6) is 0 Å². The second kappa shape index (κ2) is 6.85. The smallest absolute Gasteiger partial charge is 0.260 e. The van der Waals surface area contributed by atoms with Crippen molar-refractivity contribution in [1.29, 1.82) is 0 Å². The summed E-state index contributed by atoms with van der Waals surface area (Å²) in [6, 6.07) is 18.5. The number of carbonyl (C=O) groups is 2. The average Bonchev–Trinajstić information content (AvgIpc) is 2.95. The minimum absolute atomic E-state index is 0.0932. The first-order valence-electron chi connectivity index (χ1n) is 8.47. The second-order valence-electron chi connectivity index (χ2n) is 6.31. The van der Waals surface area contributed by atoms with Crippen LogP contribution in [0.15, 0.2) is 65.8 Å². The third-order valence-electron chi connectivity index (χ3n) is 4.56. The van der Waals surface area contributed by atoms with Crippen LogP contribution in [0.4, 0.5) is 5.69 Å². The number of hydrazone groups is 1. The Morgan fingerprint density at radius 1 is 1.07 bits per heavy atom. The van der Waals surface area contributed by atoms with E-state index in [0.717, 1.165) is 22.0 Å². The summed E-state index contributed by atoms with van der Waals surface area (Å²) in [6.45, 7) is 1.70. The third kappa shape index (κ3) is 3.17. The Balaban J connectivity index is 1.51. The monoisotopic (exact) mass is 377 g/mol. The Labute approximate surface area is 161 Å². The van der Waals surface area contributed by atoms with Gasteiger partial charge in [0.15, 0.2) is 0 Å². The molecular weight excluding hydrogens is 362 g/mol. The van der Waals surface area contributed by atoms with E-state index in [0.29, 0.717) is 16.3 Å². The summed E-state index contributed by atoms with van der Waals surface area (Å²) in [7, 11) is 0. The molecule has 1 aliphatic heterocycles. The normalized spacial score (nSPS) is 13.3. The maximum Gasteiger partial charge on any atom is 0.260 e. The SMILES string of the molecule is C/C(=N/NC(=O)CN1C(=O)c2cccc3cccc1c23)c1ccc(Cl)cc1. The number of nitrogens with one attached hydrogen (secondary N) is 1. The van der Waals surface area contributed by atoms with Crippen LogP contribution in [-0.4, -0.2) is 24.1 Å². The standard InChI is InChI=1S/C21H16ClN3O2/c1-13(14-8-10-16(22)11-9-14)23-24-19(26)12-25-18-7-3-5-15-4-2-6-17(20(15)18)21(25)27/h2-11H,12H2,1H3,(H,24,26)/b23-13-. The number of carbonyl (C=O) groups excluding carboxylic acids is 2. The van der Waals surface area contributed by atoms with E-state index in [1.807, 2.05) is 42.5 Å². The van der Waals surface area contributed by atoms with Gasteiger partial charge in [-0.25, -0.2) is 5.43 Å². The summed E-state index contributed by atoms with van der Waals surface area (Å²) in [5, 5.41) is 6.63. The van der Waals surface area contributed by atoms with Crippen molar-refractivity contribution in [2.45, 2.75) is 6.92 Å². The number of rotatable bonds is 4. The fourth-order valence-electron chi connectivity index (χ4n) is 3.22. The molecule has 0 spiro atoms. The molecule has 0 fully saturated rings. The topological polar surface area (TPSA) is 61.8 Å². The molecule has 0 saturated carbocycles. The summed E-state index contributed by atoms with van der Waals surface area (Å²) in [4.78, 5) is 26.6. The number of halogens is 1. The largest absolute Gasteiger partial charge is 0.298 e. The highest BCUT2D eigenvalue weighted by Crippen LogP contribution is 2.36. The Bertz CT molecular complexity index is 1090. The highest BCUT2D eigenvalue weighted by atomic mass is 35.5. The summed E-state index contributed by atoms with van der Waals surface area (Å²) in [6.07, 6.45) is 0. The lowest BCUT2D eigenvalue weighted by atomic mass is 10.1. The molecule has 3 aromatic carbocycles. The number of nitrogens with zero attached hydrogens (tertiary/aromatic N) is 2. The van der Waals surface area contributed by atoms with Crippen LogP contribution in [0.3, 0.4) is 0 Å². The zero-order valence-corrected chi connectivity index (χ0v) is 15.3. The molecule has 27 heavy (non-hydrogen) atoms. The van der Waals surface area contributed by atoms with E-state index in [9.17, 15) is 9.59 Å². The minimum atomic E-state index is -0.360. The van der Waals surface area contributed by atoms with Crippen molar-refractivity contribution < 1.29 is 9.59 Å². The molecule has 3 aromatic rings. The van der Waals surface area contributed by atoms with Gasteiger partial charge >= 0.3 is 0 Å². The van der Waals surface area contributed by atoms with Crippen LogP contribution in [-0.2, 0) is 4.79 Å². The van der Waals surface area contributed by atoms with Gasteiger partial charge in [-0.15, -0.1) is 0 Å². The van der Waals surface area contributed by atoms with E-state index in [2.05, 4.69) is 10.5 Å². The molecule has 0 unspecified atom stereocenters. The maximum absolute atomic E-state index is 12.7. The second-order valence-corrected chi connectivity index (χ2v) is 6.75. The van der Waals surface area contributed by atoms with Gasteiger partial charge in [-0.1, -0.05) is 48.0 Å². The fraction of sp³-hybridized carbons (Fsp3) is 0.0952. The van der Waals surface area contributed by atoms with E-state index in [1.165, 1.54) is 4.90 Å². The molecule has 5 nitrogen and oxygen atoms in total. The van der Waals surface area contributed by atoms with E-state index in [1.54, 1.807) is 25.1 Å². The molecule has 1 heterocycles. The van der Waals surface area contributed by atoms with Gasteiger partial charge in [0.1, 0.15) is 6.54 Å². The first-order chi connectivity index (χ1) is 13.0. The molecule has 4 rings (SSSR count). The third-order valence-corrected chi connectivity index (χ3v) is 4.81. The molecule has 134 valence electrons. The predicted octanol–water partition coefficient (Wildman–Crippen LogP) is 3.99. The zero-order valence-electron chi connectivity index (χ0n) is 14.6. The van der Waals surface area contributed by atoms with Crippen LogP contribution in [0.25, 0.3) is 10.8 Å². The molecule has 0 bridgehead atoms.